The lowest BCUT2D eigenvalue weighted by Crippen LogP contribution is -2.20. The summed E-state index contributed by atoms with van der Waals surface area (Å²) in [6, 6.07) is 13.2. The Balaban J connectivity index is 2.04. The van der Waals surface area contributed by atoms with Crippen molar-refractivity contribution in [2.45, 2.75) is 12.0 Å². The molecular formula is C17H15BrO4. The van der Waals surface area contributed by atoms with Gasteiger partial charge in [0, 0.05) is 10.0 Å². The number of hydrogen-bond acceptors (Lipinski definition) is 4. The second-order valence-electron chi connectivity index (χ2n) is 4.99. The minimum absolute atomic E-state index is 0.320. The van der Waals surface area contributed by atoms with Crippen molar-refractivity contribution in [2.75, 3.05) is 14.2 Å². The molecule has 114 valence electrons. The van der Waals surface area contributed by atoms with Gasteiger partial charge < -0.3 is 14.2 Å². The quantitative estimate of drug-likeness (QED) is 0.778. The number of ether oxygens (including phenoxy) is 3. The average Bonchev–Trinajstić information content (AvgIpc) is 2.93. The van der Waals surface area contributed by atoms with Crippen LogP contribution in [0.5, 0.6) is 11.5 Å². The number of esters is 1. The normalized spacial score (nSPS) is 19.2. The van der Waals surface area contributed by atoms with Gasteiger partial charge in [-0.1, -0.05) is 28.1 Å². The van der Waals surface area contributed by atoms with E-state index in [4.69, 9.17) is 14.2 Å². The maximum atomic E-state index is 12.3. The first kappa shape index (κ1) is 14.9. The highest BCUT2D eigenvalue weighted by molar-refractivity contribution is 9.10. The van der Waals surface area contributed by atoms with E-state index < -0.39 is 12.0 Å². The van der Waals surface area contributed by atoms with Crippen LogP contribution in [0.3, 0.4) is 0 Å². The van der Waals surface area contributed by atoms with Crippen LogP contribution in [0.15, 0.2) is 46.9 Å². The van der Waals surface area contributed by atoms with Crippen molar-refractivity contribution in [1.82, 2.24) is 0 Å². The monoisotopic (exact) mass is 362 g/mol. The fourth-order valence-corrected chi connectivity index (χ4v) is 2.93. The third-order valence-electron chi connectivity index (χ3n) is 3.76. The van der Waals surface area contributed by atoms with E-state index in [-0.39, 0.29) is 5.97 Å². The van der Waals surface area contributed by atoms with E-state index in [2.05, 4.69) is 15.9 Å². The van der Waals surface area contributed by atoms with Gasteiger partial charge in [-0.05, 0) is 35.9 Å². The molecule has 0 spiro atoms. The van der Waals surface area contributed by atoms with Gasteiger partial charge >= 0.3 is 5.97 Å². The highest BCUT2D eigenvalue weighted by atomic mass is 79.9. The van der Waals surface area contributed by atoms with E-state index in [0.717, 1.165) is 15.6 Å². The molecule has 0 radical (unpaired) electrons. The number of hydrogen-bond donors (Lipinski definition) is 0. The van der Waals surface area contributed by atoms with Crippen molar-refractivity contribution in [2.24, 2.45) is 0 Å². The zero-order valence-electron chi connectivity index (χ0n) is 12.2. The van der Waals surface area contributed by atoms with Crippen molar-refractivity contribution in [1.29, 1.82) is 0 Å². The van der Waals surface area contributed by atoms with Crippen LogP contribution < -0.4 is 9.47 Å². The van der Waals surface area contributed by atoms with Crippen LogP contribution in [0.4, 0.5) is 0 Å². The molecule has 0 saturated carbocycles. The molecule has 0 unspecified atom stereocenters. The van der Waals surface area contributed by atoms with E-state index in [1.165, 1.54) is 7.11 Å². The second kappa shape index (κ2) is 6.01. The zero-order valence-corrected chi connectivity index (χ0v) is 13.8. The van der Waals surface area contributed by atoms with Gasteiger partial charge in [-0.25, -0.2) is 0 Å². The van der Waals surface area contributed by atoms with Crippen LogP contribution in [-0.4, -0.2) is 20.2 Å². The Kier molecular flexibility index (Phi) is 4.07. The van der Waals surface area contributed by atoms with Crippen LogP contribution in [0.25, 0.3) is 0 Å². The molecule has 3 rings (SSSR count). The van der Waals surface area contributed by atoms with Gasteiger partial charge in [-0.3, -0.25) is 4.79 Å². The standard InChI is InChI=1S/C17H15BrO4/c1-20-12-7-8-14-13(9-12)15(17(19)21-2)16(22-14)10-3-5-11(18)6-4-10/h3-9,15-16H,1-2H3/t15-,16+/m0/s1. The van der Waals surface area contributed by atoms with Crippen LogP contribution in [0.1, 0.15) is 23.1 Å². The summed E-state index contributed by atoms with van der Waals surface area (Å²) in [6.45, 7) is 0. The van der Waals surface area contributed by atoms with E-state index >= 15 is 0 Å². The van der Waals surface area contributed by atoms with Gasteiger partial charge in [-0.2, -0.15) is 0 Å². The van der Waals surface area contributed by atoms with Crippen LogP contribution in [-0.2, 0) is 9.53 Å². The lowest BCUT2D eigenvalue weighted by Gasteiger charge is -2.17. The van der Waals surface area contributed by atoms with Crippen LogP contribution >= 0.6 is 15.9 Å². The summed E-state index contributed by atoms with van der Waals surface area (Å²) < 4.78 is 17.2. The molecule has 2 aromatic rings. The van der Waals surface area contributed by atoms with E-state index in [1.54, 1.807) is 7.11 Å². The van der Waals surface area contributed by atoms with Crippen LogP contribution in [0, 0.1) is 0 Å². The molecule has 22 heavy (non-hydrogen) atoms. The molecule has 0 aliphatic carbocycles. The molecule has 5 heteroatoms. The highest BCUT2D eigenvalue weighted by Crippen LogP contribution is 2.47. The van der Waals surface area contributed by atoms with Crippen molar-refractivity contribution in [3.63, 3.8) is 0 Å². The molecule has 2 atom stereocenters. The Morgan fingerprint density at radius 1 is 1.14 bits per heavy atom. The van der Waals surface area contributed by atoms with Crippen molar-refractivity contribution < 1.29 is 19.0 Å². The molecule has 0 N–H and O–H groups in total. The first-order valence-corrected chi connectivity index (χ1v) is 7.61. The third kappa shape index (κ3) is 2.57. The van der Waals surface area contributed by atoms with E-state index in [1.807, 2.05) is 42.5 Å². The van der Waals surface area contributed by atoms with Crippen molar-refractivity contribution in [3.05, 3.63) is 58.1 Å². The number of methoxy groups -OCH3 is 2. The summed E-state index contributed by atoms with van der Waals surface area (Å²) in [4.78, 5) is 12.3. The summed E-state index contributed by atoms with van der Waals surface area (Å²) in [5, 5.41) is 0. The third-order valence-corrected chi connectivity index (χ3v) is 4.29. The molecule has 1 aliphatic rings. The van der Waals surface area contributed by atoms with Gasteiger partial charge in [-0.15, -0.1) is 0 Å². The minimum Gasteiger partial charge on any atom is -0.497 e. The fourth-order valence-electron chi connectivity index (χ4n) is 2.66. The molecule has 2 aromatic carbocycles. The average molecular weight is 363 g/mol. The number of fused-ring (bicyclic) bond motifs is 1. The second-order valence-corrected chi connectivity index (χ2v) is 5.91. The van der Waals surface area contributed by atoms with Gasteiger partial charge in [0.1, 0.15) is 23.5 Å². The highest BCUT2D eigenvalue weighted by Gasteiger charge is 2.41. The topological polar surface area (TPSA) is 44.8 Å². The minimum atomic E-state index is -0.503. The lowest BCUT2D eigenvalue weighted by atomic mass is 9.91. The predicted octanol–water partition coefficient (Wildman–Crippen LogP) is 3.85. The molecule has 0 fully saturated rings. The SMILES string of the molecule is COC(=O)[C@H]1c2cc(OC)ccc2O[C@@H]1c1ccc(Br)cc1. The lowest BCUT2D eigenvalue weighted by molar-refractivity contribution is -0.144. The summed E-state index contributed by atoms with van der Waals surface area (Å²) in [5.74, 6) is 0.549. The number of halogens is 1. The molecule has 4 nitrogen and oxygen atoms in total. The molecule has 0 amide bonds. The van der Waals surface area contributed by atoms with Crippen LogP contribution in [0.2, 0.25) is 0 Å². The predicted molar refractivity (Wildman–Crippen MR) is 85.3 cm³/mol. The first-order chi connectivity index (χ1) is 10.6. The van der Waals surface area contributed by atoms with Gasteiger partial charge in [0.05, 0.1) is 14.2 Å². The Morgan fingerprint density at radius 2 is 1.86 bits per heavy atom. The largest absolute Gasteiger partial charge is 0.497 e. The van der Waals surface area contributed by atoms with E-state index in [9.17, 15) is 4.79 Å². The Bertz CT molecular complexity index is 696. The molecule has 0 aromatic heterocycles. The first-order valence-electron chi connectivity index (χ1n) is 6.82. The summed E-state index contributed by atoms with van der Waals surface area (Å²) in [7, 11) is 2.98. The summed E-state index contributed by atoms with van der Waals surface area (Å²) in [6.07, 6.45) is -0.400. The Morgan fingerprint density at radius 3 is 2.50 bits per heavy atom. The number of rotatable bonds is 3. The maximum Gasteiger partial charge on any atom is 0.317 e. The zero-order chi connectivity index (χ0) is 15.7. The smallest absolute Gasteiger partial charge is 0.317 e. The van der Waals surface area contributed by atoms with Gasteiger partial charge in [0.25, 0.3) is 0 Å². The number of carbonyl (C=O) groups is 1. The number of benzene rings is 2. The van der Waals surface area contributed by atoms with Gasteiger partial charge in [0.2, 0.25) is 0 Å². The fraction of sp³-hybridized carbons (Fsp3) is 0.235. The van der Waals surface area contributed by atoms with E-state index in [0.29, 0.717) is 11.5 Å². The maximum absolute atomic E-state index is 12.3. The molecular weight excluding hydrogens is 348 g/mol. The summed E-state index contributed by atoms with van der Waals surface area (Å²) >= 11 is 3.41. The molecule has 0 saturated heterocycles. The summed E-state index contributed by atoms with van der Waals surface area (Å²) in [5.41, 5.74) is 1.72. The molecule has 0 bridgehead atoms. The van der Waals surface area contributed by atoms with Gasteiger partial charge in [0.15, 0.2) is 0 Å². The van der Waals surface area contributed by atoms with Crippen molar-refractivity contribution >= 4 is 21.9 Å². The molecule has 1 heterocycles. The Hall–Kier alpha value is -2.01. The number of carbonyl (C=O) groups excluding carboxylic acids is 1. The van der Waals surface area contributed by atoms with Crippen molar-refractivity contribution in [3.8, 4) is 11.5 Å². The molecule has 1 aliphatic heterocycles. The Labute approximate surface area is 137 Å².